The quantitative estimate of drug-likeness (QED) is 0.683. The fraction of sp³-hybridized carbons (Fsp3) is 0.938. The first-order valence-electron chi connectivity index (χ1n) is 7.77. The van der Waals surface area contributed by atoms with Crippen LogP contribution >= 0.6 is 0 Å². The van der Waals surface area contributed by atoms with E-state index in [1.54, 1.807) is 0 Å². The highest BCUT2D eigenvalue weighted by molar-refractivity contribution is 5.88. The van der Waals surface area contributed by atoms with Gasteiger partial charge in [0.2, 0.25) is 0 Å². The van der Waals surface area contributed by atoms with Gasteiger partial charge >= 0.3 is 0 Å². The third-order valence-electron chi connectivity index (χ3n) is 6.08. The maximum atomic E-state index is 13.0. The molecule has 0 aromatic carbocycles. The number of ether oxygens (including phenoxy) is 1. The van der Waals surface area contributed by atoms with E-state index in [9.17, 15) is 4.79 Å². The van der Waals surface area contributed by atoms with Crippen molar-refractivity contribution in [3.8, 4) is 0 Å². The van der Waals surface area contributed by atoms with Gasteiger partial charge in [-0.15, -0.1) is 0 Å². The Kier molecular flexibility index (Phi) is 2.70. The molecule has 2 heterocycles. The number of rotatable bonds is 0. The Morgan fingerprint density at radius 2 is 1.50 bits per heavy atom. The molecule has 0 N–H and O–H groups in total. The molecule has 2 saturated heterocycles. The highest BCUT2D eigenvalue weighted by atomic mass is 16.6. The Morgan fingerprint density at radius 3 is 1.85 bits per heavy atom. The van der Waals surface area contributed by atoms with Crippen molar-refractivity contribution in [1.82, 2.24) is 9.80 Å². The van der Waals surface area contributed by atoms with Crippen LogP contribution in [-0.2, 0) is 9.53 Å². The first kappa shape index (κ1) is 14.3. The van der Waals surface area contributed by atoms with Gasteiger partial charge in [-0.2, -0.15) is 0 Å². The second-order valence-corrected chi connectivity index (χ2v) is 8.30. The Bertz CT molecular complexity index is 428. The summed E-state index contributed by atoms with van der Waals surface area (Å²) in [5.74, 6) is 0.200. The smallest absolute Gasteiger partial charge is 0.257 e. The molecule has 0 radical (unpaired) electrons. The number of carbonyl (C=O) groups excluding carboxylic acids is 1. The van der Waals surface area contributed by atoms with Crippen molar-refractivity contribution in [1.29, 1.82) is 0 Å². The van der Waals surface area contributed by atoms with Gasteiger partial charge in [0, 0.05) is 31.0 Å². The molecule has 4 nitrogen and oxygen atoms in total. The van der Waals surface area contributed by atoms with Crippen molar-refractivity contribution in [3.63, 3.8) is 0 Å². The Labute approximate surface area is 122 Å². The molecule has 4 heteroatoms. The molecule has 3 aliphatic rings. The largest absolute Gasteiger partial charge is 0.339 e. The topological polar surface area (TPSA) is 32.8 Å². The molecule has 2 spiro atoms. The van der Waals surface area contributed by atoms with Crippen molar-refractivity contribution >= 4 is 5.91 Å². The first-order valence-corrected chi connectivity index (χ1v) is 7.77. The lowest BCUT2D eigenvalue weighted by atomic mass is 9.71. The van der Waals surface area contributed by atoms with Gasteiger partial charge < -0.3 is 9.64 Å². The van der Waals surface area contributed by atoms with E-state index in [4.69, 9.17) is 4.74 Å². The molecule has 3 rings (SSSR count). The van der Waals surface area contributed by atoms with E-state index in [2.05, 4.69) is 39.6 Å². The Morgan fingerprint density at radius 1 is 1.00 bits per heavy atom. The van der Waals surface area contributed by atoms with E-state index < -0.39 is 5.60 Å². The van der Waals surface area contributed by atoms with Crippen LogP contribution in [0.1, 0.15) is 59.8 Å². The van der Waals surface area contributed by atoms with Gasteiger partial charge in [-0.05, 0) is 54.0 Å². The molecule has 0 aromatic rings. The van der Waals surface area contributed by atoms with Gasteiger partial charge in [0.1, 0.15) is 5.72 Å². The molecule has 1 saturated carbocycles. The fourth-order valence-corrected chi connectivity index (χ4v) is 4.62. The van der Waals surface area contributed by atoms with Crippen LogP contribution in [0.5, 0.6) is 0 Å². The SMILES string of the molecule is CN1C(C)(C)CC2(CC1(C)C)OC1(CCC1)N(C)C2=O. The average Bonchev–Trinajstić information content (AvgIpc) is 2.47. The van der Waals surface area contributed by atoms with Crippen LogP contribution in [0.3, 0.4) is 0 Å². The van der Waals surface area contributed by atoms with E-state index in [0.717, 1.165) is 25.7 Å². The van der Waals surface area contributed by atoms with Crippen LogP contribution < -0.4 is 0 Å². The first-order chi connectivity index (χ1) is 9.05. The summed E-state index contributed by atoms with van der Waals surface area (Å²) in [6.45, 7) is 8.88. The molecular formula is C16H28N2O2. The van der Waals surface area contributed by atoms with Crippen LogP contribution in [0.2, 0.25) is 0 Å². The van der Waals surface area contributed by atoms with E-state index in [-0.39, 0.29) is 22.7 Å². The molecule has 0 unspecified atom stereocenters. The van der Waals surface area contributed by atoms with Crippen molar-refractivity contribution < 1.29 is 9.53 Å². The van der Waals surface area contributed by atoms with E-state index in [1.165, 1.54) is 6.42 Å². The molecule has 1 aliphatic carbocycles. The van der Waals surface area contributed by atoms with Gasteiger partial charge in [0.25, 0.3) is 5.91 Å². The van der Waals surface area contributed by atoms with Crippen molar-refractivity contribution in [2.75, 3.05) is 14.1 Å². The number of hydrogen-bond acceptors (Lipinski definition) is 3. The third-order valence-corrected chi connectivity index (χ3v) is 6.08. The normalized spacial score (nSPS) is 33.7. The summed E-state index contributed by atoms with van der Waals surface area (Å²) in [5, 5.41) is 0. The summed E-state index contributed by atoms with van der Waals surface area (Å²) in [4.78, 5) is 17.2. The van der Waals surface area contributed by atoms with Crippen LogP contribution in [0.4, 0.5) is 0 Å². The lowest BCUT2D eigenvalue weighted by Gasteiger charge is -2.56. The molecular weight excluding hydrogens is 252 g/mol. The predicted molar refractivity (Wildman–Crippen MR) is 78.3 cm³/mol. The summed E-state index contributed by atoms with van der Waals surface area (Å²) in [5.41, 5.74) is -0.977. The number of amides is 1. The minimum atomic E-state index is -0.616. The standard InChI is InChI=1S/C16H28N2O2/c1-13(2)10-15(11-14(3,4)18(13)6)12(19)17(5)16(20-15)8-7-9-16/h7-11H2,1-6H3. The Balaban J connectivity index is 1.99. The number of likely N-dealkylation sites (N-methyl/N-ethyl adjacent to an activating group) is 1. The van der Waals surface area contributed by atoms with E-state index in [1.807, 2.05) is 11.9 Å². The third kappa shape index (κ3) is 1.64. The minimum absolute atomic E-state index is 0.0342. The van der Waals surface area contributed by atoms with Gasteiger partial charge in [-0.3, -0.25) is 9.69 Å². The molecule has 1 amide bonds. The van der Waals surface area contributed by atoms with Crippen molar-refractivity contribution in [3.05, 3.63) is 0 Å². The predicted octanol–water partition coefficient (Wildman–Crippen LogP) is 2.38. The highest BCUT2D eigenvalue weighted by Gasteiger charge is 2.66. The average molecular weight is 280 g/mol. The minimum Gasteiger partial charge on any atom is -0.339 e. The molecule has 2 aliphatic heterocycles. The zero-order valence-electron chi connectivity index (χ0n) is 13.7. The van der Waals surface area contributed by atoms with Crippen LogP contribution in [0.25, 0.3) is 0 Å². The molecule has 0 atom stereocenters. The molecule has 0 bridgehead atoms. The van der Waals surface area contributed by atoms with Gasteiger partial charge in [-0.1, -0.05) is 0 Å². The summed E-state index contributed by atoms with van der Waals surface area (Å²) >= 11 is 0. The number of carbonyl (C=O) groups is 1. The lowest BCUT2D eigenvalue weighted by molar-refractivity contribution is -0.214. The monoisotopic (exact) mass is 280 g/mol. The highest BCUT2D eigenvalue weighted by Crippen LogP contribution is 2.54. The summed E-state index contributed by atoms with van der Waals surface area (Å²) in [6.07, 6.45) is 4.72. The van der Waals surface area contributed by atoms with Crippen LogP contribution in [0.15, 0.2) is 0 Å². The second kappa shape index (κ2) is 3.77. The molecule has 114 valence electrons. The van der Waals surface area contributed by atoms with Crippen LogP contribution in [0, 0.1) is 0 Å². The Hall–Kier alpha value is -0.610. The molecule has 0 aromatic heterocycles. The summed E-state index contributed by atoms with van der Waals surface area (Å²) < 4.78 is 6.51. The van der Waals surface area contributed by atoms with E-state index in [0.29, 0.717) is 0 Å². The van der Waals surface area contributed by atoms with Gasteiger partial charge in [-0.25, -0.2) is 0 Å². The van der Waals surface area contributed by atoms with Crippen molar-refractivity contribution in [2.24, 2.45) is 0 Å². The summed E-state index contributed by atoms with van der Waals surface area (Å²) in [6, 6.07) is 0. The molecule has 20 heavy (non-hydrogen) atoms. The number of piperidine rings is 1. The maximum absolute atomic E-state index is 13.0. The fourth-order valence-electron chi connectivity index (χ4n) is 4.62. The lowest BCUT2D eigenvalue weighted by Crippen LogP contribution is -2.66. The van der Waals surface area contributed by atoms with Crippen molar-refractivity contribution in [2.45, 2.75) is 82.2 Å². The van der Waals surface area contributed by atoms with Gasteiger partial charge in [0.15, 0.2) is 5.60 Å². The second-order valence-electron chi connectivity index (χ2n) is 8.30. The maximum Gasteiger partial charge on any atom is 0.257 e. The molecule has 3 fully saturated rings. The summed E-state index contributed by atoms with van der Waals surface area (Å²) in [7, 11) is 4.09. The van der Waals surface area contributed by atoms with E-state index >= 15 is 0 Å². The zero-order valence-corrected chi connectivity index (χ0v) is 13.7. The number of hydrogen-bond donors (Lipinski definition) is 0. The van der Waals surface area contributed by atoms with Crippen LogP contribution in [-0.4, -0.2) is 52.2 Å². The number of nitrogens with zero attached hydrogens (tertiary/aromatic N) is 2. The number of likely N-dealkylation sites (tertiary alicyclic amines) is 1. The van der Waals surface area contributed by atoms with Gasteiger partial charge in [0.05, 0.1) is 0 Å². The zero-order chi connectivity index (χ0) is 15.0.